The molecule has 0 unspecified atom stereocenters. The molecule has 0 radical (unpaired) electrons. The molecule has 0 fully saturated rings. The van der Waals surface area contributed by atoms with Crippen molar-refractivity contribution in [1.29, 1.82) is 0 Å². The molecular formula is C9H12O. The van der Waals surface area contributed by atoms with Crippen molar-refractivity contribution in [2.75, 3.05) is 6.61 Å². The zero-order valence-electron chi connectivity index (χ0n) is 6.26. The van der Waals surface area contributed by atoms with Crippen molar-refractivity contribution in [1.82, 2.24) is 0 Å². The molecule has 10 heavy (non-hydrogen) atoms. The maximum Gasteiger partial charge on any atom is 0.122 e. The standard InChI is InChI=1S/C9H12O/c1-3-5-9-8(4-2)6-7-10-9/h3-5H,2,6-7H2,1H3/b5-3-. The summed E-state index contributed by atoms with van der Waals surface area (Å²) in [6, 6.07) is 0. The monoisotopic (exact) mass is 136 g/mol. The van der Waals surface area contributed by atoms with Gasteiger partial charge in [-0.05, 0) is 18.6 Å². The molecule has 0 amide bonds. The number of allylic oxidation sites excluding steroid dienone is 3. The van der Waals surface area contributed by atoms with Crippen LogP contribution in [0.25, 0.3) is 0 Å². The van der Waals surface area contributed by atoms with Gasteiger partial charge < -0.3 is 4.74 Å². The highest BCUT2D eigenvalue weighted by Gasteiger charge is 2.08. The van der Waals surface area contributed by atoms with Crippen LogP contribution in [0.4, 0.5) is 0 Å². The molecule has 0 saturated heterocycles. The molecule has 1 aliphatic rings. The van der Waals surface area contributed by atoms with Gasteiger partial charge in [0.2, 0.25) is 0 Å². The highest BCUT2D eigenvalue weighted by Crippen LogP contribution is 2.20. The molecule has 0 aromatic rings. The molecule has 54 valence electrons. The Morgan fingerprint density at radius 1 is 1.60 bits per heavy atom. The first-order valence-corrected chi connectivity index (χ1v) is 3.49. The average Bonchev–Trinajstić information content (AvgIpc) is 2.36. The normalized spacial score (nSPS) is 18.1. The predicted molar refractivity (Wildman–Crippen MR) is 42.6 cm³/mol. The van der Waals surface area contributed by atoms with Crippen LogP contribution in [-0.2, 0) is 4.74 Å². The fourth-order valence-corrected chi connectivity index (χ4v) is 0.996. The lowest BCUT2D eigenvalue weighted by molar-refractivity contribution is 0.257. The quantitative estimate of drug-likeness (QED) is 0.566. The molecule has 1 heterocycles. The highest BCUT2D eigenvalue weighted by molar-refractivity contribution is 5.30. The van der Waals surface area contributed by atoms with Crippen molar-refractivity contribution in [3.05, 3.63) is 36.1 Å². The van der Waals surface area contributed by atoms with E-state index in [4.69, 9.17) is 4.74 Å². The minimum Gasteiger partial charge on any atom is -0.493 e. The van der Waals surface area contributed by atoms with Gasteiger partial charge in [-0.1, -0.05) is 18.7 Å². The third kappa shape index (κ3) is 1.29. The van der Waals surface area contributed by atoms with E-state index in [0.717, 1.165) is 18.8 Å². The Balaban J connectivity index is 2.77. The van der Waals surface area contributed by atoms with Crippen LogP contribution in [0.5, 0.6) is 0 Å². The van der Waals surface area contributed by atoms with Gasteiger partial charge in [0.15, 0.2) is 0 Å². The summed E-state index contributed by atoms with van der Waals surface area (Å²) < 4.78 is 5.32. The fourth-order valence-electron chi connectivity index (χ4n) is 0.996. The Hall–Kier alpha value is -0.980. The van der Waals surface area contributed by atoms with Crippen LogP contribution in [0.3, 0.4) is 0 Å². The van der Waals surface area contributed by atoms with Gasteiger partial charge >= 0.3 is 0 Å². The van der Waals surface area contributed by atoms with Crippen molar-refractivity contribution in [3.8, 4) is 0 Å². The second kappa shape index (κ2) is 3.25. The second-order valence-electron chi connectivity index (χ2n) is 2.19. The van der Waals surface area contributed by atoms with E-state index in [-0.39, 0.29) is 0 Å². The highest BCUT2D eigenvalue weighted by atomic mass is 16.5. The van der Waals surface area contributed by atoms with Crippen molar-refractivity contribution in [2.45, 2.75) is 13.3 Å². The predicted octanol–water partition coefficient (Wildman–Crippen LogP) is 2.42. The maximum absolute atomic E-state index is 5.32. The largest absolute Gasteiger partial charge is 0.493 e. The van der Waals surface area contributed by atoms with Gasteiger partial charge in [-0.2, -0.15) is 0 Å². The average molecular weight is 136 g/mol. The third-order valence-corrected chi connectivity index (χ3v) is 1.51. The number of hydrogen-bond acceptors (Lipinski definition) is 1. The molecule has 0 bridgehead atoms. The SMILES string of the molecule is C=CC1=C(/C=C\C)OCC1. The summed E-state index contributed by atoms with van der Waals surface area (Å²) in [6.45, 7) is 6.49. The zero-order valence-corrected chi connectivity index (χ0v) is 6.26. The lowest BCUT2D eigenvalue weighted by atomic mass is 10.2. The molecule has 0 saturated carbocycles. The Bertz CT molecular complexity index is 187. The molecule has 0 atom stereocenters. The lowest BCUT2D eigenvalue weighted by Crippen LogP contribution is -1.78. The third-order valence-electron chi connectivity index (χ3n) is 1.51. The van der Waals surface area contributed by atoms with Crippen LogP contribution >= 0.6 is 0 Å². The first kappa shape index (κ1) is 7.13. The molecule has 0 aromatic carbocycles. The Kier molecular flexibility index (Phi) is 2.32. The number of rotatable bonds is 2. The van der Waals surface area contributed by atoms with Crippen LogP contribution < -0.4 is 0 Å². The van der Waals surface area contributed by atoms with Crippen LogP contribution in [0.1, 0.15) is 13.3 Å². The van der Waals surface area contributed by atoms with E-state index in [9.17, 15) is 0 Å². The van der Waals surface area contributed by atoms with E-state index in [2.05, 4.69) is 6.58 Å². The summed E-state index contributed by atoms with van der Waals surface area (Å²) >= 11 is 0. The van der Waals surface area contributed by atoms with Gasteiger partial charge in [-0.25, -0.2) is 0 Å². The molecule has 1 heteroatoms. The van der Waals surface area contributed by atoms with Crippen molar-refractivity contribution in [2.24, 2.45) is 0 Å². The van der Waals surface area contributed by atoms with Crippen molar-refractivity contribution >= 4 is 0 Å². The first-order chi connectivity index (χ1) is 4.88. The smallest absolute Gasteiger partial charge is 0.122 e. The second-order valence-corrected chi connectivity index (χ2v) is 2.19. The Morgan fingerprint density at radius 2 is 2.40 bits per heavy atom. The van der Waals surface area contributed by atoms with E-state index in [0.29, 0.717) is 0 Å². The summed E-state index contributed by atoms with van der Waals surface area (Å²) in [7, 11) is 0. The van der Waals surface area contributed by atoms with E-state index < -0.39 is 0 Å². The lowest BCUT2D eigenvalue weighted by Gasteiger charge is -1.94. The van der Waals surface area contributed by atoms with Gasteiger partial charge in [0, 0.05) is 6.42 Å². The van der Waals surface area contributed by atoms with E-state index in [1.807, 2.05) is 25.2 Å². The van der Waals surface area contributed by atoms with Crippen LogP contribution in [0.2, 0.25) is 0 Å². The molecular weight excluding hydrogens is 124 g/mol. The molecule has 0 spiro atoms. The topological polar surface area (TPSA) is 9.23 Å². The molecule has 0 N–H and O–H groups in total. The van der Waals surface area contributed by atoms with Gasteiger partial charge in [-0.15, -0.1) is 0 Å². The minimum absolute atomic E-state index is 0.807. The fraction of sp³-hybridized carbons (Fsp3) is 0.333. The maximum atomic E-state index is 5.32. The molecule has 1 aliphatic heterocycles. The van der Waals surface area contributed by atoms with E-state index >= 15 is 0 Å². The summed E-state index contributed by atoms with van der Waals surface area (Å²) in [6.07, 6.45) is 6.82. The van der Waals surface area contributed by atoms with Crippen molar-refractivity contribution in [3.63, 3.8) is 0 Å². The summed E-state index contributed by atoms with van der Waals surface area (Å²) in [4.78, 5) is 0. The van der Waals surface area contributed by atoms with Gasteiger partial charge in [0.25, 0.3) is 0 Å². The molecule has 0 aliphatic carbocycles. The van der Waals surface area contributed by atoms with E-state index in [1.165, 1.54) is 5.57 Å². The zero-order chi connectivity index (χ0) is 7.40. The van der Waals surface area contributed by atoms with Gasteiger partial charge in [0.1, 0.15) is 5.76 Å². The first-order valence-electron chi connectivity index (χ1n) is 3.49. The molecule has 0 aromatic heterocycles. The Morgan fingerprint density at radius 3 is 3.00 bits per heavy atom. The van der Waals surface area contributed by atoms with Crippen LogP contribution in [0, 0.1) is 0 Å². The Labute approximate surface area is 61.7 Å². The number of ether oxygens (including phenoxy) is 1. The van der Waals surface area contributed by atoms with Gasteiger partial charge in [0.05, 0.1) is 6.61 Å². The number of hydrogen-bond donors (Lipinski definition) is 0. The summed E-state index contributed by atoms with van der Waals surface area (Å²) in [5.74, 6) is 0.984. The minimum atomic E-state index is 0.807. The molecule has 1 rings (SSSR count). The van der Waals surface area contributed by atoms with E-state index in [1.54, 1.807) is 0 Å². The van der Waals surface area contributed by atoms with Crippen LogP contribution in [0.15, 0.2) is 36.1 Å². The van der Waals surface area contributed by atoms with Crippen molar-refractivity contribution < 1.29 is 4.74 Å². The molecule has 1 nitrogen and oxygen atoms in total. The summed E-state index contributed by atoms with van der Waals surface area (Å²) in [5, 5.41) is 0. The summed E-state index contributed by atoms with van der Waals surface area (Å²) in [5.41, 5.74) is 1.22. The van der Waals surface area contributed by atoms with Crippen LogP contribution in [-0.4, -0.2) is 6.61 Å². The van der Waals surface area contributed by atoms with Gasteiger partial charge in [-0.3, -0.25) is 0 Å².